The Morgan fingerprint density at radius 2 is 1.06 bits per heavy atom. The van der Waals surface area contributed by atoms with Gasteiger partial charge in [-0.3, -0.25) is 9.59 Å². The Hall–Kier alpha value is -3.14. The fraction of sp³-hybridized carbons (Fsp3) is 0.481. The Morgan fingerprint density at radius 1 is 0.667 bits per heavy atom. The van der Waals surface area contributed by atoms with E-state index in [0.717, 1.165) is 12.8 Å². The average molecular weight is 505 g/mol. The summed E-state index contributed by atoms with van der Waals surface area (Å²) in [7, 11) is 0. The first-order valence-corrected chi connectivity index (χ1v) is 11.6. The molecular formula is C27H36O9. The number of benzene rings is 2. The highest BCUT2D eigenvalue weighted by Gasteiger charge is 2.39. The number of ketones is 2. The minimum atomic E-state index is -1.36. The Labute approximate surface area is 210 Å². The number of carbonyl (C=O) groups is 2. The van der Waals surface area contributed by atoms with E-state index in [9.17, 15) is 24.9 Å². The second-order valence-corrected chi connectivity index (χ2v) is 9.06. The zero-order valence-corrected chi connectivity index (χ0v) is 19.4. The van der Waals surface area contributed by atoms with E-state index in [-0.39, 0.29) is 55.4 Å². The summed E-state index contributed by atoms with van der Waals surface area (Å²) < 4.78 is 0. The lowest BCUT2D eigenvalue weighted by Gasteiger charge is -2.32. The number of aromatic hydroxyl groups is 2. The molecule has 0 atom stereocenters. The summed E-state index contributed by atoms with van der Waals surface area (Å²) in [6.07, 6.45) is 3.78. The minimum Gasteiger partial charge on any atom is -0.508 e. The van der Waals surface area contributed by atoms with Crippen LogP contribution in [0.4, 0.5) is 0 Å². The van der Waals surface area contributed by atoms with Crippen molar-refractivity contribution in [2.75, 3.05) is 0 Å². The summed E-state index contributed by atoms with van der Waals surface area (Å²) in [5.74, 6) is 0.104. The molecule has 198 valence electrons. The van der Waals surface area contributed by atoms with Gasteiger partial charge in [0.2, 0.25) is 0 Å². The Bertz CT molecular complexity index is 940. The SMILES string of the molecule is C.O=C(c1ccc(O)cc1)C1(O)CCC(O)CC1.O=C(c1ccc(O)cc1)C1CCC(O)CC1.O=O. The molecule has 2 aromatic rings. The van der Waals surface area contributed by atoms with Crippen molar-refractivity contribution in [3.05, 3.63) is 69.6 Å². The maximum atomic E-state index is 12.1. The molecule has 9 heteroatoms. The van der Waals surface area contributed by atoms with Crippen molar-refractivity contribution < 1.29 is 35.1 Å². The maximum Gasteiger partial charge on any atom is 0.194 e. The van der Waals surface area contributed by atoms with Crippen LogP contribution < -0.4 is 0 Å². The van der Waals surface area contributed by atoms with Gasteiger partial charge in [0.15, 0.2) is 11.6 Å². The third kappa shape index (κ3) is 8.51. The van der Waals surface area contributed by atoms with Gasteiger partial charge in [0, 0.05) is 27.0 Å². The second-order valence-electron chi connectivity index (χ2n) is 9.06. The van der Waals surface area contributed by atoms with Crippen LogP contribution in [0.25, 0.3) is 0 Å². The molecule has 0 saturated heterocycles. The molecule has 0 aromatic heterocycles. The molecule has 2 fully saturated rings. The summed E-state index contributed by atoms with van der Waals surface area (Å²) >= 11 is 0. The van der Waals surface area contributed by atoms with E-state index in [1.165, 1.54) is 36.4 Å². The molecule has 5 N–H and O–H groups in total. The molecule has 0 radical (unpaired) electrons. The van der Waals surface area contributed by atoms with E-state index < -0.39 is 11.7 Å². The first-order chi connectivity index (χ1) is 16.7. The minimum absolute atomic E-state index is 0. The van der Waals surface area contributed by atoms with Gasteiger partial charge in [-0.05, 0) is 99.9 Å². The number of hydrogen-bond acceptors (Lipinski definition) is 9. The van der Waals surface area contributed by atoms with Crippen LogP contribution in [0.2, 0.25) is 0 Å². The first-order valence-electron chi connectivity index (χ1n) is 11.6. The molecule has 2 aliphatic carbocycles. The number of carbonyl (C=O) groups excluding carboxylic acids is 2. The highest BCUT2D eigenvalue weighted by atomic mass is 16.7. The van der Waals surface area contributed by atoms with Crippen LogP contribution in [-0.4, -0.2) is 54.9 Å². The number of aliphatic hydroxyl groups is 3. The summed E-state index contributed by atoms with van der Waals surface area (Å²) in [6.45, 7) is 0. The van der Waals surface area contributed by atoms with Crippen molar-refractivity contribution in [3.8, 4) is 11.5 Å². The summed E-state index contributed by atoms with van der Waals surface area (Å²) in [6, 6.07) is 12.2. The van der Waals surface area contributed by atoms with Crippen molar-refractivity contribution in [1.29, 1.82) is 0 Å². The Kier molecular flexibility index (Phi) is 12.4. The predicted molar refractivity (Wildman–Crippen MR) is 136 cm³/mol. The first kappa shape index (κ1) is 30.9. The molecule has 36 heavy (non-hydrogen) atoms. The monoisotopic (exact) mass is 504 g/mol. The van der Waals surface area contributed by atoms with E-state index in [4.69, 9.17) is 20.1 Å². The highest BCUT2D eigenvalue weighted by Crippen LogP contribution is 2.32. The van der Waals surface area contributed by atoms with Crippen molar-refractivity contribution in [1.82, 2.24) is 0 Å². The molecule has 2 aromatic carbocycles. The molecule has 2 aliphatic rings. The van der Waals surface area contributed by atoms with Crippen molar-refractivity contribution in [3.63, 3.8) is 0 Å². The van der Waals surface area contributed by atoms with Crippen LogP contribution >= 0.6 is 0 Å². The van der Waals surface area contributed by atoms with Crippen molar-refractivity contribution in [2.24, 2.45) is 5.92 Å². The van der Waals surface area contributed by atoms with Crippen LogP contribution in [-0.2, 0) is 0 Å². The third-order valence-corrected chi connectivity index (χ3v) is 6.55. The zero-order chi connectivity index (χ0) is 26.0. The maximum absolute atomic E-state index is 12.1. The summed E-state index contributed by atoms with van der Waals surface area (Å²) in [5, 5.41) is 47.3. The average Bonchev–Trinajstić information content (AvgIpc) is 2.88. The Morgan fingerprint density at radius 3 is 1.50 bits per heavy atom. The molecule has 0 unspecified atom stereocenters. The van der Waals surface area contributed by atoms with Gasteiger partial charge >= 0.3 is 0 Å². The normalized spacial score (nSPS) is 25.0. The summed E-state index contributed by atoms with van der Waals surface area (Å²) in [4.78, 5) is 38.2. The molecule has 0 amide bonds. The number of rotatable bonds is 4. The Balaban J connectivity index is 0.000000329. The van der Waals surface area contributed by atoms with Gasteiger partial charge in [-0.25, -0.2) is 0 Å². The molecule has 0 heterocycles. The molecule has 0 aliphatic heterocycles. The van der Waals surface area contributed by atoms with Gasteiger partial charge in [0.05, 0.1) is 12.2 Å². The van der Waals surface area contributed by atoms with Gasteiger partial charge in [-0.2, -0.15) is 0 Å². The summed E-state index contributed by atoms with van der Waals surface area (Å²) in [5.41, 5.74) is -0.322. The molecule has 2 saturated carbocycles. The highest BCUT2D eigenvalue weighted by molar-refractivity contribution is 6.02. The van der Waals surface area contributed by atoms with Crippen LogP contribution in [0.5, 0.6) is 11.5 Å². The number of hydrogen-bond donors (Lipinski definition) is 5. The lowest BCUT2D eigenvalue weighted by molar-refractivity contribution is -0.0153. The van der Waals surface area contributed by atoms with Crippen molar-refractivity contribution in [2.45, 2.75) is 76.6 Å². The van der Waals surface area contributed by atoms with E-state index in [1.54, 1.807) is 12.1 Å². The lowest BCUT2D eigenvalue weighted by atomic mass is 9.78. The van der Waals surface area contributed by atoms with E-state index in [0.29, 0.717) is 36.8 Å². The number of phenols is 2. The number of phenolic OH excluding ortho intramolecular Hbond substituents is 2. The fourth-order valence-electron chi connectivity index (χ4n) is 4.39. The van der Waals surface area contributed by atoms with Gasteiger partial charge < -0.3 is 25.5 Å². The zero-order valence-electron chi connectivity index (χ0n) is 19.4. The fourth-order valence-corrected chi connectivity index (χ4v) is 4.39. The predicted octanol–water partition coefficient (Wildman–Crippen LogP) is 4.07. The van der Waals surface area contributed by atoms with Crippen LogP contribution in [0.3, 0.4) is 0 Å². The molecule has 0 bridgehead atoms. The smallest absolute Gasteiger partial charge is 0.194 e. The van der Waals surface area contributed by atoms with E-state index in [1.807, 2.05) is 0 Å². The molecule has 0 spiro atoms. The molecule has 4 rings (SSSR count). The quantitative estimate of drug-likeness (QED) is 0.385. The largest absolute Gasteiger partial charge is 0.508 e. The van der Waals surface area contributed by atoms with Crippen LogP contribution in [0.15, 0.2) is 48.5 Å². The van der Waals surface area contributed by atoms with E-state index in [2.05, 4.69) is 0 Å². The van der Waals surface area contributed by atoms with Crippen LogP contribution in [0, 0.1) is 15.8 Å². The molecule has 9 nitrogen and oxygen atoms in total. The van der Waals surface area contributed by atoms with Gasteiger partial charge in [-0.15, -0.1) is 0 Å². The number of Topliss-reactive ketones (excluding diaryl/α,β-unsaturated/α-hetero) is 2. The van der Waals surface area contributed by atoms with Gasteiger partial charge in [0.25, 0.3) is 0 Å². The number of aliphatic hydroxyl groups excluding tert-OH is 2. The third-order valence-electron chi connectivity index (χ3n) is 6.55. The topological polar surface area (TPSA) is 169 Å². The van der Waals surface area contributed by atoms with Crippen molar-refractivity contribution >= 4 is 11.6 Å². The van der Waals surface area contributed by atoms with E-state index >= 15 is 0 Å². The van der Waals surface area contributed by atoms with Crippen LogP contribution in [0.1, 0.15) is 79.5 Å². The van der Waals surface area contributed by atoms with Gasteiger partial charge in [-0.1, -0.05) is 7.43 Å². The van der Waals surface area contributed by atoms with Gasteiger partial charge in [0.1, 0.15) is 17.1 Å². The molecular weight excluding hydrogens is 468 g/mol. The standard InChI is InChI=1S/C13H16O4.C13H16O3.CH4.O2/c14-10-3-1-9(2-4-10)12(16)13(17)7-5-11(15)6-8-13;14-11-5-1-9(2-6-11)13(16)10-3-7-12(15)8-4-10;;1-2/h1-4,11,14-15,17H,5-8H2;1-2,5-6,10,12,14-15H,3-4,7-8H2;1H4;. The lowest BCUT2D eigenvalue weighted by Crippen LogP contribution is -2.43. The second kappa shape index (κ2) is 14.4.